The van der Waals surface area contributed by atoms with Crippen LogP contribution in [0.5, 0.6) is 0 Å². The quantitative estimate of drug-likeness (QED) is 0.134. The van der Waals surface area contributed by atoms with Crippen LogP contribution < -0.4 is 5.73 Å². The first-order valence-corrected chi connectivity index (χ1v) is 14.4. The van der Waals surface area contributed by atoms with Crippen molar-refractivity contribution in [2.45, 2.75) is 6.54 Å². The van der Waals surface area contributed by atoms with Crippen LogP contribution in [-0.2, 0) is 6.54 Å². The van der Waals surface area contributed by atoms with Gasteiger partial charge in [0.2, 0.25) is 0 Å². The lowest BCUT2D eigenvalue weighted by atomic mass is 9.96. The number of amidine groups is 2. The van der Waals surface area contributed by atoms with Gasteiger partial charge in [0.15, 0.2) is 5.84 Å². The van der Waals surface area contributed by atoms with Gasteiger partial charge in [-0.05, 0) is 56.1 Å². The third kappa shape index (κ3) is 4.41. The molecule has 0 aliphatic heterocycles. The Bertz CT molecular complexity index is 2380. The smallest absolute Gasteiger partial charge is 0.157 e. The summed E-state index contributed by atoms with van der Waals surface area (Å²) < 4.78 is 6.12. The van der Waals surface area contributed by atoms with E-state index < -0.39 is 0 Å². The van der Waals surface area contributed by atoms with Crippen molar-refractivity contribution >= 4 is 65.9 Å². The summed E-state index contributed by atoms with van der Waals surface area (Å²) in [5.41, 5.74) is 11.3. The van der Waals surface area contributed by atoms with E-state index >= 15 is 0 Å². The second kappa shape index (κ2) is 10.3. The molecule has 0 saturated carbocycles. The van der Waals surface area contributed by atoms with Crippen LogP contribution in [0.25, 0.3) is 54.3 Å². The third-order valence-electron chi connectivity index (χ3n) is 8.16. The number of aliphatic imine (C=N–C) groups is 2. The Kier molecular flexibility index (Phi) is 5.97. The summed E-state index contributed by atoms with van der Waals surface area (Å²) >= 11 is 0. The molecule has 1 heterocycles. The molecule has 0 fully saturated rings. The van der Waals surface area contributed by atoms with Gasteiger partial charge in [-0.15, -0.1) is 0 Å². The van der Waals surface area contributed by atoms with Gasteiger partial charge in [0.05, 0.1) is 6.54 Å². The number of nitrogens with two attached hydrogens (primary N) is 1. The zero-order chi connectivity index (χ0) is 28.8. The fourth-order valence-corrected chi connectivity index (χ4v) is 6.06. The second-order valence-corrected chi connectivity index (χ2v) is 10.8. The normalized spacial score (nSPS) is 12.7. The molecule has 0 spiro atoms. The van der Waals surface area contributed by atoms with E-state index in [1.165, 1.54) is 26.9 Å². The van der Waals surface area contributed by atoms with Gasteiger partial charge in [0, 0.05) is 21.9 Å². The van der Waals surface area contributed by atoms with Crippen LogP contribution in [0.2, 0.25) is 0 Å². The number of nitrogens with zero attached hydrogens (tertiary/aromatic N) is 2. The molecule has 204 valence electrons. The Labute approximate surface area is 248 Å². The SMILES string of the molecule is N/C(=N\C(=N/Cc1ccccc1)c1ccc2ccc3c4ccccc4ccc3c2c1)c1cccc2oc3ccccc3c12. The van der Waals surface area contributed by atoms with Gasteiger partial charge in [-0.1, -0.05) is 121 Å². The fraction of sp³-hybridized carbons (Fsp3) is 0.0256. The van der Waals surface area contributed by atoms with Gasteiger partial charge in [-0.3, -0.25) is 4.99 Å². The van der Waals surface area contributed by atoms with Crippen LogP contribution in [0, 0.1) is 0 Å². The van der Waals surface area contributed by atoms with Crippen LogP contribution in [0.3, 0.4) is 0 Å². The minimum absolute atomic E-state index is 0.396. The molecule has 43 heavy (non-hydrogen) atoms. The maximum Gasteiger partial charge on any atom is 0.157 e. The summed E-state index contributed by atoms with van der Waals surface area (Å²) in [6.07, 6.45) is 0. The van der Waals surface area contributed by atoms with Gasteiger partial charge in [0.25, 0.3) is 0 Å². The van der Waals surface area contributed by atoms with Gasteiger partial charge < -0.3 is 10.2 Å². The van der Waals surface area contributed by atoms with Crippen molar-refractivity contribution in [2.24, 2.45) is 15.7 Å². The molecular formula is C39H27N3O. The summed E-state index contributed by atoms with van der Waals surface area (Å²) in [5, 5.41) is 9.20. The molecule has 0 radical (unpaired) electrons. The highest BCUT2D eigenvalue weighted by atomic mass is 16.3. The number of para-hydroxylation sites is 1. The number of hydrogen-bond donors (Lipinski definition) is 1. The van der Waals surface area contributed by atoms with E-state index in [1.807, 2.05) is 54.6 Å². The Balaban J connectivity index is 1.31. The van der Waals surface area contributed by atoms with Crippen molar-refractivity contribution in [2.75, 3.05) is 0 Å². The van der Waals surface area contributed by atoms with Crippen molar-refractivity contribution in [1.82, 2.24) is 0 Å². The standard InChI is InChI=1S/C39H27N3O/c40-38(33-14-8-16-36-37(33)32-13-6-7-15-35(32)43-36)42-39(41-24-25-9-2-1-3-10-25)28-18-17-27-20-21-30-29-12-5-4-11-26(29)19-22-31(30)34(27)23-28/h1-23H,24H2,(H2,40,41,42). The lowest BCUT2D eigenvalue weighted by molar-refractivity contribution is 0.669. The second-order valence-electron chi connectivity index (χ2n) is 10.8. The monoisotopic (exact) mass is 553 g/mol. The Morgan fingerprint density at radius 2 is 1.23 bits per heavy atom. The molecule has 0 saturated heterocycles. The lowest BCUT2D eigenvalue weighted by Crippen LogP contribution is -2.17. The summed E-state index contributed by atoms with van der Waals surface area (Å²) in [6.45, 7) is 0.490. The first kappa shape index (κ1) is 25.0. The van der Waals surface area contributed by atoms with Crippen LogP contribution >= 0.6 is 0 Å². The molecule has 8 aromatic rings. The van der Waals surface area contributed by atoms with Crippen LogP contribution in [0.4, 0.5) is 0 Å². The maximum atomic E-state index is 6.81. The molecule has 7 aromatic carbocycles. The van der Waals surface area contributed by atoms with Crippen molar-refractivity contribution in [3.63, 3.8) is 0 Å². The summed E-state index contributed by atoms with van der Waals surface area (Å²) in [6, 6.07) is 47.9. The van der Waals surface area contributed by atoms with Gasteiger partial charge in [-0.25, -0.2) is 4.99 Å². The first-order chi connectivity index (χ1) is 21.2. The van der Waals surface area contributed by atoms with E-state index in [9.17, 15) is 0 Å². The summed E-state index contributed by atoms with van der Waals surface area (Å²) in [4.78, 5) is 10.0. The van der Waals surface area contributed by atoms with E-state index in [1.54, 1.807) is 0 Å². The van der Waals surface area contributed by atoms with E-state index in [-0.39, 0.29) is 0 Å². The molecule has 0 atom stereocenters. The number of fused-ring (bicyclic) bond motifs is 8. The topological polar surface area (TPSA) is 63.9 Å². The van der Waals surface area contributed by atoms with E-state index in [0.717, 1.165) is 44.0 Å². The third-order valence-corrected chi connectivity index (χ3v) is 8.16. The zero-order valence-electron chi connectivity index (χ0n) is 23.4. The molecule has 1 aromatic heterocycles. The van der Waals surface area contributed by atoms with Crippen molar-refractivity contribution in [3.05, 3.63) is 156 Å². The molecule has 0 aliphatic rings. The minimum Gasteiger partial charge on any atom is -0.456 e. The molecule has 0 unspecified atom stereocenters. The van der Waals surface area contributed by atoms with Gasteiger partial charge >= 0.3 is 0 Å². The first-order valence-electron chi connectivity index (χ1n) is 14.4. The minimum atomic E-state index is 0.396. The highest BCUT2D eigenvalue weighted by Gasteiger charge is 2.15. The predicted octanol–water partition coefficient (Wildman–Crippen LogP) is 9.40. The lowest BCUT2D eigenvalue weighted by Gasteiger charge is -2.11. The average molecular weight is 554 g/mol. The number of rotatable bonds is 4. The molecule has 8 rings (SSSR count). The van der Waals surface area contributed by atoms with Crippen LogP contribution in [-0.4, -0.2) is 11.7 Å². The Morgan fingerprint density at radius 3 is 2.09 bits per heavy atom. The number of hydrogen-bond acceptors (Lipinski definition) is 2. The summed E-state index contributed by atoms with van der Waals surface area (Å²) in [7, 11) is 0. The summed E-state index contributed by atoms with van der Waals surface area (Å²) in [5.74, 6) is 0.985. The van der Waals surface area contributed by atoms with E-state index in [2.05, 4.69) is 84.9 Å². The molecule has 2 N–H and O–H groups in total. The highest BCUT2D eigenvalue weighted by molar-refractivity contribution is 6.22. The molecule has 4 heteroatoms. The zero-order valence-corrected chi connectivity index (χ0v) is 23.4. The van der Waals surface area contributed by atoms with Gasteiger partial charge in [0.1, 0.15) is 17.0 Å². The molecule has 0 amide bonds. The van der Waals surface area contributed by atoms with Crippen LogP contribution in [0.1, 0.15) is 16.7 Å². The average Bonchev–Trinajstić information content (AvgIpc) is 3.45. The van der Waals surface area contributed by atoms with Crippen molar-refractivity contribution in [1.29, 1.82) is 0 Å². The fourth-order valence-electron chi connectivity index (χ4n) is 6.06. The van der Waals surface area contributed by atoms with Gasteiger partial charge in [-0.2, -0.15) is 0 Å². The van der Waals surface area contributed by atoms with E-state index in [4.69, 9.17) is 20.1 Å². The predicted molar refractivity (Wildman–Crippen MR) is 180 cm³/mol. The van der Waals surface area contributed by atoms with Crippen molar-refractivity contribution < 1.29 is 4.42 Å². The molecule has 0 bridgehead atoms. The Morgan fingerprint density at radius 1 is 0.558 bits per heavy atom. The highest BCUT2D eigenvalue weighted by Crippen LogP contribution is 2.33. The molecule has 4 nitrogen and oxygen atoms in total. The molecule has 0 aliphatic carbocycles. The van der Waals surface area contributed by atoms with Crippen molar-refractivity contribution in [3.8, 4) is 0 Å². The largest absolute Gasteiger partial charge is 0.456 e. The number of benzene rings is 7. The van der Waals surface area contributed by atoms with E-state index in [0.29, 0.717) is 18.2 Å². The molecular weight excluding hydrogens is 526 g/mol. The number of furan rings is 1. The van der Waals surface area contributed by atoms with Crippen LogP contribution in [0.15, 0.2) is 154 Å². The Hall–Kier alpha value is -5.74. The maximum absolute atomic E-state index is 6.81.